The lowest BCUT2D eigenvalue weighted by Gasteiger charge is -2.20. The van der Waals surface area contributed by atoms with Gasteiger partial charge in [-0.05, 0) is 73.7 Å². The fourth-order valence-corrected chi connectivity index (χ4v) is 5.34. The summed E-state index contributed by atoms with van der Waals surface area (Å²) in [5.41, 5.74) is 3.67. The van der Waals surface area contributed by atoms with Gasteiger partial charge < -0.3 is 24.5 Å². The quantitative estimate of drug-likeness (QED) is 0.113. The number of nitrogens with one attached hydrogen (secondary N) is 2. The van der Waals surface area contributed by atoms with Gasteiger partial charge in [-0.2, -0.15) is 0 Å². The van der Waals surface area contributed by atoms with Crippen molar-refractivity contribution in [2.45, 2.75) is 84.6 Å². The Kier molecular flexibility index (Phi) is 17.0. The number of imidazole rings is 1. The maximum atomic E-state index is 13.3. The van der Waals surface area contributed by atoms with Crippen molar-refractivity contribution in [3.8, 4) is 17.0 Å². The van der Waals surface area contributed by atoms with Gasteiger partial charge in [0.1, 0.15) is 22.9 Å². The predicted molar refractivity (Wildman–Crippen MR) is 198 cm³/mol. The number of halogens is 2. The van der Waals surface area contributed by atoms with Crippen molar-refractivity contribution in [3.63, 3.8) is 0 Å². The van der Waals surface area contributed by atoms with E-state index in [1.54, 1.807) is 43.6 Å². The predicted octanol–water partition coefficient (Wildman–Crippen LogP) is 10.1. The van der Waals surface area contributed by atoms with Crippen LogP contribution in [0.4, 0.5) is 0 Å². The Hall–Kier alpha value is -4.01. The Morgan fingerprint density at radius 3 is 2.51 bits per heavy atom. The van der Waals surface area contributed by atoms with Crippen molar-refractivity contribution in [1.82, 2.24) is 15.3 Å². The van der Waals surface area contributed by atoms with Gasteiger partial charge in [0.15, 0.2) is 0 Å². The van der Waals surface area contributed by atoms with Crippen molar-refractivity contribution in [2.24, 2.45) is 0 Å². The maximum Gasteiger partial charge on any atom is 0.341 e. The number of rotatable bonds is 16. The van der Waals surface area contributed by atoms with Gasteiger partial charge in [-0.15, -0.1) is 0 Å². The SMILES string of the molecule is CCCC.CCCCOc1ccc(C(Cc2ncc(-c3cc(Cl)ccc3Cl)[nH]2)NC(=O)CCCC2=CC=C(OC)C=CC2)cc1C(=O)OC. The first-order chi connectivity index (χ1) is 23.7. The molecule has 1 unspecified atom stereocenters. The van der Waals surface area contributed by atoms with E-state index in [1.165, 1.54) is 25.5 Å². The molecule has 0 fully saturated rings. The number of benzene rings is 2. The van der Waals surface area contributed by atoms with E-state index in [4.69, 9.17) is 37.4 Å². The second kappa shape index (κ2) is 21.2. The van der Waals surface area contributed by atoms with Gasteiger partial charge in [-0.1, -0.05) is 87.0 Å². The molecule has 0 saturated carbocycles. The minimum Gasteiger partial charge on any atom is -0.497 e. The van der Waals surface area contributed by atoms with Gasteiger partial charge in [0, 0.05) is 23.4 Å². The van der Waals surface area contributed by atoms with E-state index in [1.807, 2.05) is 18.2 Å². The second-order valence-corrected chi connectivity index (χ2v) is 12.5. The van der Waals surface area contributed by atoms with Gasteiger partial charge in [-0.25, -0.2) is 9.78 Å². The van der Waals surface area contributed by atoms with Crippen molar-refractivity contribution >= 4 is 35.1 Å². The number of carbonyl (C=O) groups excluding carboxylic acids is 2. The normalized spacial score (nSPS) is 12.9. The van der Waals surface area contributed by atoms with E-state index < -0.39 is 12.0 Å². The zero-order chi connectivity index (χ0) is 35.6. The first-order valence-electron chi connectivity index (χ1n) is 17.0. The van der Waals surface area contributed by atoms with Crippen LogP contribution >= 0.6 is 23.2 Å². The summed E-state index contributed by atoms with van der Waals surface area (Å²) >= 11 is 12.6. The zero-order valence-electron chi connectivity index (χ0n) is 29.2. The highest BCUT2D eigenvalue weighted by Gasteiger charge is 2.22. The second-order valence-electron chi connectivity index (χ2n) is 11.7. The first kappa shape index (κ1) is 39.4. The number of nitrogens with zero attached hydrogens (tertiary/aromatic N) is 1. The third-order valence-corrected chi connectivity index (χ3v) is 8.49. The number of hydrogen-bond donors (Lipinski definition) is 2. The lowest BCUT2D eigenvalue weighted by Crippen LogP contribution is -2.30. The summed E-state index contributed by atoms with van der Waals surface area (Å²) in [6.45, 7) is 6.91. The molecular weight excluding hydrogens is 661 g/mol. The molecule has 1 heterocycles. The van der Waals surface area contributed by atoms with E-state index >= 15 is 0 Å². The van der Waals surface area contributed by atoms with E-state index in [0.29, 0.717) is 58.7 Å². The summed E-state index contributed by atoms with van der Waals surface area (Å²) in [6, 6.07) is 10.1. The molecule has 49 heavy (non-hydrogen) atoms. The average Bonchev–Trinajstić information content (AvgIpc) is 3.45. The third kappa shape index (κ3) is 12.8. The van der Waals surface area contributed by atoms with E-state index in [2.05, 4.69) is 48.2 Å². The molecule has 3 aromatic rings. The number of allylic oxidation sites excluding steroid dienone is 5. The summed E-state index contributed by atoms with van der Waals surface area (Å²) in [5.74, 6) is 1.25. The summed E-state index contributed by atoms with van der Waals surface area (Å²) in [7, 11) is 2.98. The number of carbonyl (C=O) groups is 2. The van der Waals surface area contributed by atoms with Gasteiger partial charge >= 0.3 is 5.97 Å². The fourth-order valence-electron chi connectivity index (χ4n) is 4.95. The molecule has 1 aliphatic carbocycles. The van der Waals surface area contributed by atoms with Gasteiger partial charge in [0.05, 0.1) is 43.8 Å². The van der Waals surface area contributed by atoms with Crippen LogP contribution in [-0.4, -0.2) is 42.7 Å². The lowest BCUT2D eigenvalue weighted by molar-refractivity contribution is -0.121. The smallest absolute Gasteiger partial charge is 0.341 e. The number of amides is 1. The number of unbranched alkanes of at least 4 members (excludes halogenated alkanes) is 2. The van der Waals surface area contributed by atoms with E-state index in [9.17, 15) is 9.59 Å². The Labute approximate surface area is 300 Å². The Balaban J connectivity index is 0.00000154. The molecule has 2 N–H and O–H groups in total. The van der Waals surface area contributed by atoms with Crippen LogP contribution in [0.15, 0.2) is 78.2 Å². The highest BCUT2D eigenvalue weighted by Crippen LogP contribution is 2.31. The number of H-pyrrole nitrogens is 1. The number of aromatic nitrogens is 2. The maximum absolute atomic E-state index is 13.3. The van der Waals surface area contributed by atoms with E-state index in [0.717, 1.165) is 42.6 Å². The summed E-state index contributed by atoms with van der Waals surface area (Å²) in [6.07, 6.45) is 17.1. The molecule has 10 heteroatoms. The first-order valence-corrected chi connectivity index (χ1v) is 17.7. The standard InChI is InChI=1S/C35H39Cl2N3O5.C4H10/c1-4-5-18-45-32-17-13-24(19-28(32)35(42)44-3)30(21-33-38-22-31(39-33)27-20-25(36)14-16-29(27)37)40-34(41)11-7-9-23-8-6-10-26(43-2)15-12-23;1-3-4-2/h6,10,12-17,19-20,22,30H,4-5,7-9,11,18,21H2,1-3H3,(H,38,39)(H,40,41);3-4H2,1-2H3. The van der Waals surface area contributed by atoms with Crippen molar-refractivity contribution < 1.29 is 23.8 Å². The molecule has 4 rings (SSSR count). The minimum atomic E-state index is -0.513. The number of aromatic amines is 1. The summed E-state index contributed by atoms with van der Waals surface area (Å²) in [5, 5.41) is 4.26. The number of hydrogen-bond acceptors (Lipinski definition) is 6. The molecule has 1 amide bonds. The monoisotopic (exact) mass is 709 g/mol. The molecule has 0 bridgehead atoms. The molecule has 1 aromatic heterocycles. The van der Waals surface area contributed by atoms with Crippen molar-refractivity contribution in [1.29, 1.82) is 0 Å². The molecule has 0 saturated heterocycles. The molecule has 0 radical (unpaired) electrons. The van der Waals surface area contributed by atoms with Crippen molar-refractivity contribution in [3.05, 3.63) is 105 Å². The third-order valence-electron chi connectivity index (χ3n) is 7.93. The largest absolute Gasteiger partial charge is 0.497 e. The molecule has 0 aliphatic heterocycles. The fraction of sp³-hybridized carbons (Fsp3) is 0.410. The molecule has 1 aliphatic rings. The van der Waals surface area contributed by atoms with Crippen LogP contribution in [0.2, 0.25) is 10.0 Å². The number of esters is 1. The van der Waals surface area contributed by atoms with Gasteiger partial charge in [-0.3, -0.25) is 4.79 Å². The Morgan fingerprint density at radius 2 is 1.80 bits per heavy atom. The van der Waals surface area contributed by atoms with Crippen LogP contribution in [0.3, 0.4) is 0 Å². The van der Waals surface area contributed by atoms with Crippen LogP contribution in [-0.2, 0) is 20.7 Å². The highest BCUT2D eigenvalue weighted by atomic mass is 35.5. The van der Waals surface area contributed by atoms with Crippen LogP contribution in [0.25, 0.3) is 11.3 Å². The number of methoxy groups -OCH3 is 2. The molecule has 8 nitrogen and oxygen atoms in total. The Bertz CT molecular complexity index is 1610. The zero-order valence-corrected chi connectivity index (χ0v) is 30.8. The van der Waals surface area contributed by atoms with E-state index in [-0.39, 0.29) is 5.91 Å². The molecule has 1 atom stereocenters. The molecule has 0 spiro atoms. The van der Waals surface area contributed by atoms with Crippen LogP contribution in [0.1, 0.15) is 99.9 Å². The topological polar surface area (TPSA) is 103 Å². The summed E-state index contributed by atoms with van der Waals surface area (Å²) < 4.78 is 16.2. The molecular formula is C39H49Cl2N3O5. The summed E-state index contributed by atoms with van der Waals surface area (Å²) in [4.78, 5) is 33.9. The molecule has 2 aromatic carbocycles. The van der Waals surface area contributed by atoms with Crippen LogP contribution in [0, 0.1) is 0 Å². The van der Waals surface area contributed by atoms with Gasteiger partial charge in [0.25, 0.3) is 0 Å². The molecule has 264 valence electrons. The van der Waals surface area contributed by atoms with Crippen LogP contribution in [0.5, 0.6) is 5.75 Å². The lowest BCUT2D eigenvalue weighted by atomic mass is 9.99. The van der Waals surface area contributed by atoms with Gasteiger partial charge in [0.2, 0.25) is 5.91 Å². The average molecular weight is 711 g/mol. The van der Waals surface area contributed by atoms with Crippen molar-refractivity contribution in [2.75, 3.05) is 20.8 Å². The Morgan fingerprint density at radius 1 is 1.00 bits per heavy atom. The highest BCUT2D eigenvalue weighted by molar-refractivity contribution is 6.35. The van der Waals surface area contributed by atoms with Crippen LogP contribution < -0.4 is 10.1 Å². The number of ether oxygens (including phenoxy) is 3. The minimum absolute atomic E-state index is 0.106.